The Morgan fingerprint density at radius 3 is 1.68 bits per heavy atom. The van der Waals surface area contributed by atoms with Crippen LogP contribution in [0.1, 0.15) is 58.3 Å². The molecule has 6 unspecified atom stereocenters. The molecule has 0 spiro atoms. The van der Waals surface area contributed by atoms with Crippen LogP contribution in [0.5, 0.6) is 0 Å². The molecule has 108 valence electrons. The lowest BCUT2D eigenvalue weighted by Crippen LogP contribution is -2.48. The summed E-state index contributed by atoms with van der Waals surface area (Å²) in [4.78, 5) is 0. The first-order valence-corrected chi connectivity index (χ1v) is 11.4. The fraction of sp³-hybridized carbons (Fsp3) is 1.00. The summed E-state index contributed by atoms with van der Waals surface area (Å²) in [5.74, 6) is 4.29. The normalized spacial score (nSPS) is 50.8. The molecule has 0 aromatic carbocycles. The van der Waals surface area contributed by atoms with E-state index in [-0.39, 0.29) is 0 Å². The second-order valence-electron chi connectivity index (χ2n) is 8.18. The molecule has 19 heavy (non-hydrogen) atoms. The largest absolute Gasteiger partial charge is 0.417 e. The van der Waals surface area contributed by atoms with Crippen LogP contribution in [0, 0.1) is 23.7 Å². The van der Waals surface area contributed by atoms with Gasteiger partial charge in [0.15, 0.2) is 8.32 Å². The van der Waals surface area contributed by atoms with E-state index in [1.54, 1.807) is 25.7 Å². The molecule has 0 aliphatic heterocycles. The minimum absolute atomic E-state index is 0.977. The zero-order chi connectivity index (χ0) is 13.0. The maximum absolute atomic E-state index is 6.64. The first-order chi connectivity index (χ1) is 9.20. The predicted molar refractivity (Wildman–Crippen MR) is 81.6 cm³/mol. The van der Waals surface area contributed by atoms with Crippen LogP contribution in [-0.2, 0) is 4.43 Å². The Bertz CT molecular complexity index is 327. The van der Waals surface area contributed by atoms with Crippen molar-refractivity contribution in [3.8, 4) is 0 Å². The molecule has 0 N–H and O–H groups in total. The Hall–Kier alpha value is 0.177. The molecule has 4 saturated carbocycles. The summed E-state index contributed by atoms with van der Waals surface area (Å²) in [7, 11) is -1.49. The van der Waals surface area contributed by atoms with Crippen LogP contribution in [0.15, 0.2) is 0 Å². The molecule has 0 heterocycles. The fourth-order valence-electron chi connectivity index (χ4n) is 6.69. The lowest BCUT2D eigenvalue weighted by atomic mass is 9.99. The van der Waals surface area contributed by atoms with E-state index in [0.29, 0.717) is 0 Å². The van der Waals surface area contributed by atoms with Gasteiger partial charge in [-0.15, -0.1) is 0 Å². The molecule has 6 atom stereocenters. The van der Waals surface area contributed by atoms with Gasteiger partial charge in [-0.2, -0.15) is 0 Å². The zero-order valence-electron chi connectivity index (χ0n) is 12.7. The third kappa shape index (κ3) is 1.89. The summed E-state index contributed by atoms with van der Waals surface area (Å²) >= 11 is 0. The van der Waals surface area contributed by atoms with Gasteiger partial charge < -0.3 is 4.43 Å². The van der Waals surface area contributed by atoms with Gasteiger partial charge in [0.2, 0.25) is 0 Å². The number of hydrogen-bond acceptors (Lipinski definition) is 1. The van der Waals surface area contributed by atoms with Crippen LogP contribution in [0.2, 0.25) is 17.6 Å². The predicted octanol–water partition coefficient (Wildman–Crippen LogP) is 4.98. The molecule has 4 fully saturated rings. The SMILES string of the molecule is CCO[Si](C)(C1CC2CCC1C2)C1CC2CCC1C2. The van der Waals surface area contributed by atoms with E-state index in [4.69, 9.17) is 4.43 Å². The van der Waals surface area contributed by atoms with Crippen molar-refractivity contribution in [3.05, 3.63) is 0 Å². The average Bonchev–Trinajstić information content (AvgIpc) is 3.18. The van der Waals surface area contributed by atoms with E-state index in [1.165, 1.54) is 25.7 Å². The Morgan fingerprint density at radius 2 is 1.37 bits per heavy atom. The summed E-state index contributed by atoms with van der Waals surface area (Å²) in [6.45, 7) is 5.86. The van der Waals surface area contributed by atoms with E-state index >= 15 is 0 Å². The van der Waals surface area contributed by atoms with Crippen molar-refractivity contribution in [1.29, 1.82) is 0 Å². The Labute approximate surface area is 119 Å². The summed E-state index contributed by atoms with van der Waals surface area (Å²) < 4.78 is 6.64. The van der Waals surface area contributed by atoms with Gasteiger partial charge in [-0.25, -0.2) is 0 Å². The van der Waals surface area contributed by atoms with E-state index in [2.05, 4.69) is 13.5 Å². The van der Waals surface area contributed by atoms with Crippen molar-refractivity contribution in [3.63, 3.8) is 0 Å². The number of rotatable bonds is 4. The molecule has 2 heteroatoms. The Kier molecular flexibility index (Phi) is 3.11. The summed E-state index contributed by atoms with van der Waals surface area (Å²) in [5.41, 5.74) is 2.05. The van der Waals surface area contributed by atoms with Crippen molar-refractivity contribution < 1.29 is 4.43 Å². The van der Waals surface area contributed by atoms with Crippen molar-refractivity contribution >= 4 is 8.32 Å². The van der Waals surface area contributed by atoms with Crippen LogP contribution in [-0.4, -0.2) is 14.9 Å². The molecule has 4 aliphatic carbocycles. The highest BCUT2D eigenvalue weighted by Crippen LogP contribution is 2.63. The smallest absolute Gasteiger partial charge is 0.196 e. The molecule has 0 radical (unpaired) electrons. The van der Waals surface area contributed by atoms with Gasteiger partial charge in [0, 0.05) is 6.61 Å². The highest BCUT2D eigenvalue weighted by molar-refractivity contribution is 6.75. The van der Waals surface area contributed by atoms with Crippen LogP contribution >= 0.6 is 0 Å². The monoisotopic (exact) mass is 278 g/mol. The van der Waals surface area contributed by atoms with Crippen LogP contribution in [0.4, 0.5) is 0 Å². The molecule has 0 saturated heterocycles. The fourth-order valence-corrected chi connectivity index (χ4v) is 12.4. The second-order valence-corrected chi connectivity index (χ2v) is 12.3. The number of fused-ring (bicyclic) bond motifs is 4. The number of hydrogen-bond donors (Lipinski definition) is 0. The third-order valence-corrected chi connectivity index (χ3v) is 12.7. The highest BCUT2D eigenvalue weighted by atomic mass is 28.4. The second kappa shape index (κ2) is 4.59. The molecule has 0 aromatic rings. The third-order valence-electron chi connectivity index (χ3n) is 7.40. The minimum Gasteiger partial charge on any atom is -0.417 e. The van der Waals surface area contributed by atoms with Crippen LogP contribution in [0.25, 0.3) is 0 Å². The summed E-state index contributed by atoms with van der Waals surface area (Å²) in [5, 5.41) is 0. The Balaban J connectivity index is 1.59. The van der Waals surface area contributed by atoms with Gasteiger partial charge in [-0.1, -0.05) is 25.7 Å². The maximum atomic E-state index is 6.64. The van der Waals surface area contributed by atoms with E-state index in [9.17, 15) is 0 Å². The first kappa shape index (κ1) is 12.9. The molecular formula is C17H30OSi. The lowest BCUT2D eigenvalue weighted by Gasteiger charge is -2.45. The molecule has 4 aliphatic rings. The van der Waals surface area contributed by atoms with Gasteiger partial charge >= 0.3 is 0 Å². The Morgan fingerprint density at radius 1 is 0.842 bits per heavy atom. The van der Waals surface area contributed by atoms with E-state index < -0.39 is 8.32 Å². The molecule has 4 rings (SSSR count). The molecule has 0 aromatic heterocycles. The topological polar surface area (TPSA) is 9.23 Å². The van der Waals surface area contributed by atoms with Gasteiger partial charge in [0.1, 0.15) is 0 Å². The maximum Gasteiger partial charge on any atom is 0.196 e. The van der Waals surface area contributed by atoms with E-state index in [0.717, 1.165) is 41.4 Å². The average molecular weight is 279 g/mol. The van der Waals surface area contributed by atoms with Crippen molar-refractivity contribution in [2.75, 3.05) is 6.61 Å². The zero-order valence-corrected chi connectivity index (χ0v) is 13.7. The standard InChI is InChI=1S/C17H30OSi/c1-3-18-19(2,16-10-12-4-6-14(16)8-12)17-11-13-5-7-15(17)9-13/h12-17H,3-11H2,1-2H3. The summed E-state index contributed by atoms with van der Waals surface area (Å²) in [6, 6.07) is 0. The van der Waals surface area contributed by atoms with Crippen molar-refractivity contribution in [2.24, 2.45) is 23.7 Å². The molecule has 1 nitrogen and oxygen atoms in total. The van der Waals surface area contributed by atoms with Crippen molar-refractivity contribution in [1.82, 2.24) is 0 Å². The van der Waals surface area contributed by atoms with Gasteiger partial charge in [0.05, 0.1) is 0 Å². The highest BCUT2D eigenvalue weighted by Gasteiger charge is 2.58. The van der Waals surface area contributed by atoms with Crippen molar-refractivity contribution in [2.45, 2.75) is 75.9 Å². The molecule has 0 amide bonds. The van der Waals surface area contributed by atoms with Crippen LogP contribution < -0.4 is 0 Å². The quantitative estimate of drug-likeness (QED) is 0.659. The lowest BCUT2D eigenvalue weighted by molar-refractivity contribution is 0.270. The van der Waals surface area contributed by atoms with Gasteiger partial charge in [-0.3, -0.25) is 0 Å². The molecular weight excluding hydrogens is 248 g/mol. The summed E-state index contributed by atoms with van der Waals surface area (Å²) in [6.07, 6.45) is 12.3. The molecule has 4 bridgehead atoms. The van der Waals surface area contributed by atoms with Gasteiger partial charge in [-0.05, 0) is 73.9 Å². The van der Waals surface area contributed by atoms with E-state index in [1.807, 2.05) is 0 Å². The van der Waals surface area contributed by atoms with Gasteiger partial charge in [0.25, 0.3) is 0 Å². The first-order valence-electron chi connectivity index (χ1n) is 8.84. The van der Waals surface area contributed by atoms with Crippen LogP contribution in [0.3, 0.4) is 0 Å². The minimum atomic E-state index is -1.49.